The molecule has 1 N–H and O–H groups in total. The summed E-state index contributed by atoms with van der Waals surface area (Å²) < 4.78 is 5.47. The van der Waals surface area contributed by atoms with Crippen molar-refractivity contribution in [2.75, 3.05) is 31.2 Å². The van der Waals surface area contributed by atoms with Crippen molar-refractivity contribution in [3.8, 4) is 10.6 Å². The minimum atomic E-state index is -0.809. The number of hydrogen-bond donors (Lipinski definition) is 1. The van der Waals surface area contributed by atoms with Crippen molar-refractivity contribution >= 4 is 22.4 Å². The van der Waals surface area contributed by atoms with Crippen molar-refractivity contribution in [1.82, 2.24) is 10.2 Å². The van der Waals surface area contributed by atoms with Gasteiger partial charge in [0.15, 0.2) is 0 Å². The highest BCUT2D eigenvalue weighted by atomic mass is 32.1. The van der Waals surface area contributed by atoms with E-state index in [-0.39, 0.29) is 12.5 Å². The van der Waals surface area contributed by atoms with Gasteiger partial charge < -0.3 is 14.7 Å². The summed E-state index contributed by atoms with van der Waals surface area (Å²) in [5.41, 5.74) is 0.223. The van der Waals surface area contributed by atoms with Crippen molar-refractivity contribution in [3.05, 3.63) is 30.3 Å². The predicted molar refractivity (Wildman–Crippen MR) is 86.6 cm³/mol. The zero-order valence-corrected chi connectivity index (χ0v) is 13.3. The third-order valence-corrected chi connectivity index (χ3v) is 5.83. The molecule has 23 heavy (non-hydrogen) atoms. The van der Waals surface area contributed by atoms with E-state index in [1.54, 1.807) is 0 Å². The van der Waals surface area contributed by atoms with Crippen molar-refractivity contribution in [2.24, 2.45) is 11.3 Å². The van der Waals surface area contributed by atoms with Crippen molar-refractivity contribution < 1.29 is 14.6 Å². The molecule has 3 heterocycles. The molecule has 0 amide bonds. The third kappa shape index (κ3) is 2.40. The summed E-state index contributed by atoms with van der Waals surface area (Å²) in [4.78, 5) is 13.9. The molecule has 6 nitrogen and oxygen atoms in total. The Labute approximate surface area is 137 Å². The second-order valence-electron chi connectivity index (χ2n) is 6.14. The van der Waals surface area contributed by atoms with Gasteiger partial charge in [-0.05, 0) is 12.3 Å². The van der Waals surface area contributed by atoms with Gasteiger partial charge in [0.25, 0.3) is 0 Å². The number of aliphatic carboxylic acids is 1. The van der Waals surface area contributed by atoms with Crippen LogP contribution in [0.15, 0.2) is 30.3 Å². The van der Waals surface area contributed by atoms with E-state index >= 15 is 0 Å². The van der Waals surface area contributed by atoms with E-state index in [1.165, 1.54) is 11.3 Å². The van der Waals surface area contributed by atoms with Crippen LogP contribution < -0.4 is 4.90 Å². The summed E-state index contributed by atoms with van der Waals surface area (Å²) >= 11 is 1.51. The summed E-state index contributed by atoms with van der Waals surface area (Å²) in [5, 5.41) is 19.9. The first-order valence-electron chi connectivity index (χ1n) is 7.64. The first-order valence-corrected chi connectivity index (χ1v) is 8.46. The number of anilines is 1. The Balaban J connectivity index is 1.60. The molecule has 0 bridgehead atoms. The normalized spacial score (nSPS) is 27.0. The van der Waals surface area contributed by atoms with Gasteiger partial charge in [-0.25, -0.2) is 0 Å². The molecule has 2 atom stereocenters. The van der Waals surface area contributed by atoms with E-state index in [4.69, 9.17) is 4.74 Å². The van der Waals surface area contributed by atoms with Gasteiger partial charge in [-0.15, -0.1) is 10.2 Å². The van der Waals surface area contributed by atoms with Crippen molar-refractivity contribution in [2.45, 2.75) is 6.42 Å². The maximum absolute atomic E-state index is 11.8. The largest absolute Gasteiger partial charge is 0.481 e. The summed E-state index contributed by atoms with van der Waals surface area (Å²) in [6.45, 7) is 2.07. The second kappa shape index (κ2) is 5.58. The quantitative estimate of drug-likeness (QED) is 0.928. The molecule has 0 aliphatic carbocycles. The molecule has 0 radical (unpaired) electrons. The maximum atomic E-state index is 11.8. The molecule has 4 rings (SSSR count). The molecule has 2 aliphatic heterocycles. The monoisotopic (exact) mass is 331 g/mol. The minimum absolute atomic E-state index is 0.109. The molecular formula is C16H17N3O3S. The average Bonchev–Trinajstić information content (AvgIpc) is 3.21. The van der Waals surface area contributed by atoms with Crippen LogP contribution in [0.3, 0.4) is 0 Å². The van der Waals surface area contributed by atoms with Crippen LogP contribution in [-0.2, 0) is 9.53 Å². The first kappa shape index (κ1) is 14.6. The van der Waals surface area contributed by atoms with E-state index in [0.29, 0.717) is 19.7 Å². The molecule has 2 saturated heterocycles. The Kier molecular flexibility index (Phi) is 3.54. The van der Waals surface area contributed by atoms with Crippen LogP contribution in [0.25, 0.3) is 10.6 Å². The lowest BCUT2D eigenvalue weighted by Crippen LogP contribution is -2.46. The number of aromatic nitrogens is 2. The van der Waals surface area contributed by atoms with Crippen LogP contribution in [-0.4, -0.2) is 47.6 Å². The SMILES string of the molecule is O=C(O)[C@]12COCC[C@H]1CN(c1nnc(-c3ccccc3)s1)C2. The lowest BCUT2D eigenvalue weighted by Gasteiger charge is -2.33. The standard InChI is InChI=1S/C16H17N3O3S/c20-14(21)16-9-19(8-12(16)6-7-22-10-16)15-18-17-13(23-15)11-4-2-1-3-5-11/h1-5,12H,6-10H2,(H,20,21)/t12-,16+/m0/s1. The topological polar surface area (TPSA) is 75.6 Å². The molecule has 2 aliphatic rings. The van der Waals surface area contributed by atoms with Crippen LogP contribution in [0.1, 0.15) is 6.42 Å². The third-order valence-electron chi connectivity index (χ3n) is 4.80. The van der Waals surface area contributed by atoms with E-state index < -0.39 is 11.4 Å². The van der Waals surface area contributed by atoms with Crippen molar-refractivity contribution in [3.63, 3.8) is 0 Å². The fourth-order valence-electron chi connectivity index (χ4n) is 3.48. The number of carboxylic acid groups (broad SMARTS) is 1. The number of benzene rings is 1. The van der Waals surface area contributed by atoms with Gasteiger partial charge in [0.2, 0.25) is 5.13 Å². The second-order valence-corrected chi connectivity index (χ2v) is 7.09. The van der Waals surface area contributed by atoms with E-state index in [0.717, 1.165) is 22.1 Å². The fraction of sp³-hybridized carbons (Fsp3) is 0.438. The summed E-state index contributed by atoms with van der Waals surface area (Å²) in [5.74, 6) is -0.657. The molecule has 0 spiro atoms. The molecular weight excluding hydrogens is 314 g/mol. The number of rotatable bonds is 3. The van der Waals surface area contributed by atoms with E-state index in [2.05, 4.69) is 15.1 Å². The predicted octanol–water partition coefficient (Wildman–Crippen LogP) is 2.13. The van der Waals surface area contributed by atoms with Gasteiger partial charge in [-0.2, -0.15) is 0 Å². The summed E-state index contributed by atoms with van der Waals surface area (Å²) in [6.07, 6.45) is 0.785. The molecule has 0 unspecified atom stereocenters. The molecule has 7 heteroatoms. The number of carbonyl (C=O) groups is 1. The van der Waals surface area contributed by atoms with Gasteiger partial charge in [-0.3, -0.25) is 4.79 Å². The molecule has 2 aromatic rings. The highest BCUT2D eigenvalue weighted by Gasteiger charge is 2.54. The van der Waals surface area contributed by atoms with Crippen LogP contribution in [0, 0.1) is 11.3 Å². The average molecular weight is 331 g/mol. The smallest absolute Gasteiger partial charge is 0.314 e. The zero-order chi connectivity index (χ0) is 15.9. The lowest BCUT2D eigenvalue weighted by atomic mass is 9.76. The summed E-state index contributed by atoms with van der Waals surface area (Å²) in [6, 6.07) is 9.91. The van der Waals surface area contributed by atoms with Crippen LogP contribution in [0.2, 0.25) is 0 Å². The highest BCUT2D eigenvalue weighted by molar-refractivity contribution is 7.18. The minimum Gasteiger partial charge on any atom is -0.481 e. The number of carboxylic acids is 1. The van der Waals surface area contributed by atoms with Gasteiger partial charge in [0.1, 0.15) is 10.4 Å². The van der Waals surface area contributed by atoms with Crippen LogP contribution in [0.4, 0.5) is 5.13 Å². The maximum Gasteiger partial charge on any atom is 0.314 e. The Morgan fingerprint density at radius 1 is 1.35 bits per heavy atom. The van der Waals surface area contributed by atoms with E-state index in [9.17, 15) is 9.90 Å². The molecule has 1 aromatic heterocycles. The zero-order valence-electron chi connectivity index (χ0n) is 12.5. The molecule has 1 aromatic carbocycles. The van der Waals surface area contributed by atoms with Crippen LogP contribution >= 0.6 is 11.3 Å². The van der Waals surface area contributed by atoms with E-state index in [1.807, 2.05) is 30.3 Å². The van der Waals surface area contributed by atoms with Gasteiger partial charge in [-0.1, -0.05) is 41.7 Å². The lowest BCUT2D eigenvalue weighted by molar-refractivity contribution is -0.159. The van der Waals surface area contributed by atoms with Crippen molar-refractivity contribution in [1.29, 1.82) is 0 Å². The Morgan fingerprint density at radius 3 is 2.91 bits per heavy atom. The summed E-state index contributed by atoms with van der Waals surface area (Å²) in [7, 11) is 0. The van der Waals surface area contributed by atoms with Gasteiger partial charge in [0, 0.05) is 25.3 Å². The molecule has 120 valence electrons. The first-order chi connectivity index (χ1) is 11.2. The number of fused-ring (bicyclic) bond motifs is 1. The number of nitrogens with zero attached hydrogens (tertiary/aromatic N) is 3. The number of hydrogen-bond acceptors (Lipinski definition) is 6. The van der Waals surface area contributed by atoms with Gasteiger partial charge >= 0.3 is 5.97 Å². The Morgan fingerprint density at radius 2 is 2.17 bits per heavy atom. The molecule has 0 saturated carbocycles. The van der Waals surface area contributed by atoms with Gasteiger partial charge in [0.05, 0.1) is 6.61 Å². The Hall–Kier alpha value is -1.99. The molecule has 2 fully saturated rings. The Bertz CT molecular complexity index is 720. The fourth-order valence-corrected chi connectivity index (χ4v) is 4.33. The van der Waals surface area contributed by atoms with Crippen LogP contribution in [0.5, 0.6) is 0 Å². The highest BCUT2D eigenvalue weighted by Crippen LogP contribution is 2.44. The number of ether oxygens (including phenoxy) is 1.